The number of hydrogen-bond donors (Lipinski definition) is 1. The lowest BCUT2D eigenvalue weighted by Gasteiger charge is -2.22. The first kappa shape index (κ1) is 10.6. The van der Waals surface area contributed by atoms with Crippen molar-refractivity contribution in [1.82, 2.24) is 14.8 Å². The van der Waals surface area contributed by atoms with Crippen LogP contribution < -0.4 is 0 Å². The van der Waals surface area contributed by atoms with Crippen LogP contribution in [0.5, 0.6) is 0 Å². The van der Waals surface area contributed by atoms with Gasteiger partial charge in [0.25, 0.3) is 0 Å². The number of aliphatic hydroxyl groups excluding tert-OH is 1. The molecule has 16 heavy (non-hydrogen) atoms. The standard InChI is InChI=1S/C11H17N3OS/c15-11-3-1-2-9-12-13-10(14(9)11)6-8-4-5-16-7-8/h8,11,15H,1-7H2. The molecule has 5 heteroatoms. The van der Waals surface area contributed by atoms with Gasteiger partial charge in [0.15, 0.2) is 0 Å². The molecular formula is C11H17N3OS. The molecule has 3 heterocycles. The third-order valence-electron chi connectivity index (χ3n) is 3.49. The number of hydrogen-bond acceptors (Lipinski definition) is 4. The third-order valence-corrected chi connectivity index (χ3v) is 4.72. The Balaban J connectivity index is 1.81. The number of thioether (sulfide) groups is 1. The second kappa shape index (κ2) is 4.37. The van der Waals surface area contributed by atoms with Crippen LogP contribution in [0.25, 0.3) is 0 Å². The molecule has 2 aliphatic rings. The van der Waals surface area contributed by atoms with E-state index in [9.17, 15) is 5.11 Å². The summed E-state index contributed by atoms with van der Waals surface area (Å²) in [7, 11) is 0. The highest BCUT2D eigenvalue weighted by atomic mass is 32.2. The predicted molar refractivity (Wildman–Crippen MR) is 63.4 cm³/mol. The van der Waals surface area contributed by atoms with E-state index in [1.807, 2.05) is 16.3 Å². The van der Waals surface area contributed by atoms with Gasteiger partial charge in [-0.15, -0.1) is 10.2 Å². The Hall–Kier alpha value is -0.550. The van der Waals surface area contributed by atoms with E-state index >= 15 is 0 Å². The van der Waals surface area contributed by atoms with Crippen LogP contribution in [0, 0.1) is 5.92 Å². The van der Waals surface area contributed by atoms with E-state index in [0.717, 1.165) is 43.3 Å². The molecule has 0 saturated carbocycles. The van der Waals surface area contributed by atoms with E-state index in [2.05, 4.69) is 10.2 Å². The number of aromatic nitrogens is 3. The van der Waals surface area contributed by atoms with Crippen molar-refractivity contribution in [2.75, 3.05) is 11.5 Å². The summed E-state index contributed by atoms with van der Waals surface area (Å²) in [4.78, 5) is 0. The molecule has 4 nitrogen and oxygen atoms in total. The van der Waals surface area contributed by atoms with Crippen LogP contribution in [0.15, 0.2) is 0 Å². The molecule has 2 atom stereocenters. The lowest BCUT2D eigenvalue weighted by molar-refractivity contribution is 0.0744. The molecule has 2 aliphatic heterocycles. The van der Waals surface area contributed by atoms with Crippen molar-refractivity contribution in [2.45, 2.75) is 38.3 Å². The Morgan fingerprint density at radius 1 is 1.38 bits per heavy atom. The first-order valence-electron chi connectivity index (χ1n) is 6.03. The van der Waals surface area contributed by atoms with Crippen LogP contribution in [-0.4, -0.2) is 31.4 Å². The van der Waals surface area contributed by atoms with Gasteiger partial charge in [0.2, 0.25) is 0 Å². The van der Waals surface area contributed by atoms with E-state index in [4.69, 9.17) is 0 Å². The zero-order valence-corrected chi connectivity index (χ0v) is 10.1. The Morgan fingerprint density at radius 3 is 3.12 bits per heavy atom. The van der Waals surface area contributed by atoms with Crippen molar-refractivity contribution in [3.63, 3.8) is 0 Å². The molecule has 1 fully saturated rings. The molecule has 0 aromatic carbocycles. The van der Waals surface area contributed by atoms with E-state index < -0.39 is 0 Å². The number of nitrogens with zero attached hydrogens (tertiary/aromatic N) is 3. The fraction of sp³-hybridized carbons (Fsp3) is 0.818. The summed E-state index contributed by atoms with van der Waals surface area (Å²) in [5, 5.41) is 18.4. The molecule has 3 rings (SSSR count). The molecule has 2 unspecified atom stereocenters. The van der Waals surface area contributed by atoms with E-state index in [0.29, 0.717) is 0 Å². The lowest BCUT2D eigenvalue weighted by atomic mass is 10.0. The van der Waals surface area contributed by atoms with Crippen LogP contribution in [0.2, 0.25) is 0 Å². The third kappa shape index (κ3) is 1.86. The number of fused-ring (bicyclic) bond motifs is 1. The zero-order valence-electron chi connectivity index (χ0n) is 9.30. The van der Waals surface area contributed by atoms with Crippen LogP contribution in [0.3, 0.4) is 0 Å². The minimum absolute atomic E-state index is 0.386. The van der Waals surface area contributed by atoms with E-state index in [1.54, 1.807) is 0 Å². The van der Waals surface area contributed by atoms with Gasteiger partial charge in [0, 0.05) is 12.8 Å². The SMILES string of the molecule is OC1CCCc2nnc(CC3CCSC3)n21. The van der Waals surface area contributed by atoms with Crippen LogP contribution in [-0.2, 0) is 12.8 Å². The van der Waals surface area contributed by atoms with Gasteiger partial charge < -0.3 is 5.11 Å². The second-order valence-corrected chi connectivity index (χ2v) is 5.86. The zero-order chi connectivity index (χ0) is 11.0. The number of aryl methyl sites for hydroxylation is 1. The van der Waals surface area contributed by atoms with Gasteiger partial charge in [0.05, 0.1) is 0 Å². The highest BCUT2D eigenvalue weighted by molar-refractivity contribution is 7.99. The average molecular weight is 239 g/mol. The molecule has 88 valence electrons. The summed E-state index contributed by atoms with van der Waals surface area (Å²) in [6, 6.07) is 0. The largest absolute Gasteiger partial charge is 0.373 e. The van der Waals surface area contributed by atoms with Gasteiger partial charge in [-0.3, -0.25) is 4.57 Å². The van der Waals surface area contributed by atoms with Crippen molar-refractivity contribution in [1.29, 1.82) is 0 Å². The maximum Gasteiger partial charge on any atom is 0.135 e. The van der Waals surface area contributed by atoms with Gasteiger partial charge in [-0.2, -0.15) is 11.8 Å². The van der Waals surface area contributed by atoms with Gasteiger partial charge in [-0.05, 0) is 36.7 Å². The Kier molecular flexibility index (Phi) is 2.90. The molecule has 1 saturated heterocycles. The predicted octanol–water partition coefficient (Wildman–Crippen LogP) is 1.40. The summed E-state index contributed by atoms with van der Waals surface area (Å²) >= 11 is 2.02. The molecule has 0 spiro atoms. The van der Waals surface area contributed by atoms with Crippen LogP contribution in [0.1, 0.15) is 37.1 Å². The fourth-order valence-corrected chi connectivity index (χ4v) is 3.87. The van der Waals surface area contributed by atoms with Gasteiger partial charge in [-0.25, -0.2) is 0 Å². The highest BCUT2D eigenvalue weighted by Gasteiger charge is 2.25. The number of rotatable bonds is 2. The van der Waals surface area contributed by atoms with Gasteiger partial charge >= 0.3 is 0 Å². The maximum atomic E-state index is 9.98. The van der Waals surface area contributed by atoms with Crippen LogP contribution in [0.4, 0.5) is 0 Å². The van der Waals surface area contributed by atoms with Crippen molar-refractivity contribution in [3.8, 4) is 0 Å². The minimum atomic E-state index is -0.386. The summed E-state index contributed by atoms with van der Waals surface area (Å²) in [5.74, 6) is 5.20. The Bertz CT molecular complexity index is 373. The van der Waals surface area contributed by atoms with E-state index in [-0.39, 0.29) is 6.23 Å². The summed E-state index contributed by atoms with van der Waals surface area (Å²) < 4.78 is 1.96. The minimum Gasteiger partial charge on any atom is -0.373 e. The fourth-order valence-electron chi connectivity index (χ4n) is 2.59. The molecule has 1 N–H and O–H groups in total. The summed E-state index contributed by atoms with van der Waals surface area (Å²) in [6.45, 7) is 0. The number of aliphatic hydroxyl groups is 1. The first-order valence-corrected chi connectivity index (χ1v) is 7.18. The quantitative estimate of drug-likeness (QED) is 0.847. The van der Waals surface area contributed by atoms with Gasteiger partial charge in [0.1, 0.15) is 17.9 Å². The molecule has 0 amide bonds. The van der Waals surface area contributed by atoms with Crippen molar-refractivity contribution in [3.05, 3.63) is 11.6 Å². The monoisotopic (exact) mass is 239 g/mol. The smallest absolute Gasteiger partial charge is 0.135 e. The summed E-state index contributed by atoms with van der Waals surface area (Å²) in [6.07, 6.45) is 4.71. The average Bonchev–Trinajstić information content (AvgIpc) is 2.90. The topological polar surface area (TPSA) is 50.9 Å². The molecule has 1 aromatic rings. The lowest BCUT2D eigenvalue weighted by Crippen LogP contribution is -2.21. The normalized spacial score (nSPS) is 29.3. The van der Waals surface area contributed by atoms with Gasteiger partial charge in [-0.1, -0.05) is 0 Å². The molecular weight excluding hydrogens is 222 g/mol. The second-order valence-electron chi connectivity index (χ2n) is 4.71. The molecule has 0 radical (unpaired) electrons. The van der Waals surface area contributed by atoms with Crippen molar-refractivity contribution < 1.29 is 5.11 Å². The molecule has 0 aliphatic carbocycles. The van der Waals surface area contributed by atoms with Crippen molar-refractivity contribution in [2.24, 2.45) is 5.92 Å². The van der Waals surface area contributed by atoms with Crippen LogP contribution >= 0.6 is 11.8 Å². The maximum absolute atomic E-state index is 9.98. The first-order chi connectivity index (χ1) is 7.84. The summed E-state index contributed by atoms with van der Waals surface area (Å²) in [5.41, 5.74) is 0. The highest BCUT2D eigenvalue weighted by Crippen LogP contribution is 2.29. The Labute approximate surface area is 99.4 Å². The van der Waals surface area contributed by atoms with E-state index in [1.165, 1.54) is 17.9 Å². The molecule has 1 aromatic heterocycles. The molecule has 0 bridgehead atoms. The van der Waals surface area contributed by atoms with Crippen molar-refractivity contribution >= 4 is 11.8 Å². The Morgan fingerprint density at radius 2 is 2.31 bits per heavy atom.